The molecule has 17 heavy (non-hydrogen) atoms. The van der Waals surface area contributed by atoms with Crippen LogP contribution in [0, 0.1) is 5.92 Å². The molecule has 0 aromatic carbocycles. The number of fused-ring (bicyclic) bond motifs is 1. The molecule has 1 saturated heterocycles. The summed E-state index contributed by atoms with van der Waals surface area (Å²) in [4.78, 5) is 17.8. The van der Waals surface area contributed by atoms with Gasteiger partial charge in [0.15, 0.2) is 5.13 Å². The van der Waals surface area contributed by atoms with Gasteiger partial charge in [-0.15, -0.1) is 11.3 Å². The molecule has 92 valence electrons. The van der Waals surface area contributed by atoms with Gasteiger partial charge in [-0.1, -0.05) is 0 Å². The van der Waals surface area contributed by atoms with Gasteiger partial charge >= 0.3 is 0 Å². The number of carbonyl (C=O) groups excluding carboxylic acids is 1. The predicted molar refractivity (Wildman–Crippen MR) is 68.4 cm³/mol. The van der Waals surface area contributed by atoms with Gasteiger partial charge in [0.05, 0.1) is 11.6 Å². The maximum Gasteiger partial charge on any atom is 0.230 e. The van der Waals surface area contributed by atoms with Crippen molar-refractivity contribution >= 4 is 22.4 Å². The van der Waals surface area contributed by atoms with E-state index in [1.165, 1.54) is 23.4 Å². The van der Waals surface area contributed by atoms with E-state index < -0.39 is 0 Å². The highest BCUT2D eigenvalue weighted by atomic mass is 32.1. The van der Waals surface area contributed by atoms with Crippen LogP contribution < -0.4 is 10.6 Å². The topological polar surface area (TPSA) is 54.0 Å². The first-order valence-electron chi connectivity index (χ1n) is 6.33. The van der Waals surface area contributed by atoms with E-state index >= 15 is 0 Å². The minimum absolute atomic E-state index is 0.121. The van der Waals surface area contributed by atoms with Crippen molar-refractivity contribution in [1.82, 2.24) is 10.3 Å². The van der Waals surface area contributed by atoms with Crippen molar-refractivity contribution in [1.29, 1.82) is 0 Å². The molecule has 1 aromatic rings. The maximum atomic E-state index is 11.9. The summed E-state index contributed by atoms with van der Waals surface area (Å²) in [7, 11) is 0. The van der Waals surface area contributed by atoms with Crippen molar-refractivity contribution in [3.8, 4) is 0 Å². The van der Waals surface area contributed by atoms with Crippen molar-refractivity contribution in [3.63, 3.8) is 0 Å². The third kappa shape index (κ3) is 2.35. The highest BCUT2D eigenvalue weighted by Gasteiger charge is 2.24. The van der Waals surface area contributed by atoms with Gasteiger partial charge in [0.25, 0.3) is 0 Å². The van der Waals surface area contributed by atoms with Gasteiger partial charge < -0.3 is 10.6 Å². The molecule has 4 nitrogen and oxygen atoms in total. The Kier molecular flexibility index (Phi) is 3.11. The summed E-state index contributed by atoms with van der Waals surface area (Å²) in [6, 6.07) is 0. The second-order valence-corrected chi connectivity index (χ2v) is 5.86. The van der Waals surface area contributed by atoms with Crippen molar-refractivity contribution in [2.75, 3.05) is 18.4 Å². The Morgan fingerprint density at radius 1 is 1.41 bits per heavy atom. The van der Waals surface area contributed by atoms with Gasteiger partial charge in [0.2, 0.25) is 5.91 Å². The van der Waals surface area contributed by atoms with Crippen LogP contribution in [0.4, 0.5) is 5.13 Å². The van der Waals surface area contributed by atoms with Crippen LogP contribution in [-0.4, -0.2) is 24.0 Å². The molecule has 5 heteroatoms. The average molecular weight is 251 g/mol. The third-order valence-corrected chi connectivity index (χ3v) is 4.58. The van der Waals surface area contributed by atoms with E-state index in [9.17, 15) is 4.79 Å². The first-order valence-corrected chi connectivity index (χ1v) is 7.15. The number of nitrogens with one attached hydrogen (secondary N) is 2. The van der Waals surface area contributed by atoms with Crippen LogP contribution in [0.1, 0.15) is 29.8 Å². The Hall–Kier alpha value is -0.940. The number of hydrogen-bond donors (Lipinski definition) is 2. The van der Waals surface area contributed by atoms with Crippen LogP contribution in [0.3, 0.4) is 0 Å². The zero-order valence-electron chi connectivity index (χ0n) is 9.79. The fourth-order valence-electron chi connectivity index (χ4n) is 2.49. The maximum absolute atomic E-state index is 11.9. The number of rotatable bonds is 2. The summed E-state index contributed by atoms with van der Waals surface area (Å²) < 4.78 is 0. The molecule has 1 aliphatic carbocycles. The van der Waals surface area contributed by atoms with E-state index in [2.05, 4.69) is 15.6 Å². The lowest BCUT2D eigenvalue weighted by Gasteiger charge is -2.06. The number of hydrogen-bond acceptors (Lipinski definition) is 4. The molecule has 1 unspecified atom stereocenters. The van der Waals surface area contributed by atoms with Gasteiger partial charge in [-0.05, 0) is 38.6 Å². The summed E-state index contributed by atoms with van der Waals surface area (Å²) in [5.41, 5.74) is 1.21. The normalized spacial score (nSPS) is 23.4. The number of amides is 1. The number of aryl methyl sites for hydroxylation is 2. The number of aromatic nitrogens is 1. The van der Waals surface area contributed by atoms with Gasteiger partial charge in [0, 0.05) is 11.4 Å². The lowest BCUT2D eigenvalue weighted by Crippen LogP contribution is -2.24. The molecular formula is C12H17N3OS. The lowest BCUT2D eigenvalue weighted by molar-refractivity contribution is -0.119. The SMILES string of the molecule is O=C(Nc1nc2c(s1)CCCC2)C1CCNC1. The zero-order chi connectivity index (χ0) is 11.7. The van der Waals surface area contributed by atoms with Crippen LogP contribution in [0.5, 0.6) is 0 Å². The van der Waals surface area contributed by atoms with E-state index in [4.69, 9.17) is 0 Å². The molecule has 1 fully saturated rings. The minimum Gasteiger partial charge on any atom is -0.316 e. The Labute approximate surface area is 105 Å². The molecule has 0 radical (unpaired) electrons. The van der Waals surface area contributed by atoms with E-state index in [1.54, 1.807) is 11.3 Å². The molecule has 0 bridgehead atoms. The Bertz CT molecular complexity index is 400. The Morgan fingerprint density at radius 2 is 2.29 bits per heavy atom. The van der Waals surface area contributed by atoms with Crippen molar-refractivity contribution in [2.45, 2.75) is 32.1 Å². The number of anilines is 1. The molecule has 2 N–H and O–H groups in total. The Morgan fingerprint density at radius 3 is 3.06 bits per heavy atom. The largest absolute Gasteiger partial charge is 0.316 e. The van der Waals surface area contributed by atoms with Crippen LogP contribution >= 0.6 is 11.3 Å². The molecule has 0 spiro atoms. The summed E-state index contributed by atoms with van der Waals surface area (Å²) in [6.07, 6.45) is 5.64. The van der Waals surface area contributed by atoms with E-state index in [0.29, 0.717) is 0 Å². The molecule has 1 aliphatic heterocycles. The molecule has 1 aromatic heterocycles. The second kappa shape index (κ2) is 4.74. The van der Waals surface area contributed by atoms with Crippen LogP contribution in [0.2, 0.25) is 0 Å². The van der Waals surface area contributed by atoms with Gasteiger partial charge in [-0.2, -0.15) is 0 Å². The first-order chi connectivity index (χ1) is 8.33. The molecule has 1 atom stereocenters. The smallest absolute Gasteiger partial charge is 0.230 e. The summed E-state index contributed by atoms with van der Waals surface area (Å²) in [5.74, 6) is 0.247. The molecule has 2 heterocycles. The summed E-state index contributed by atoms with van der Waals surface area (Å²) in [6.45, 7) is 1.75. The van der Waals surface area contributed by atoms with Crippen molar-refractivity contribution in [2.24, 2.45) is 5.92 Å². The minimum atomic E-state index is 0.121. The molecule has 0 saturated carbocycles. The fraction of sp³-hybridized carbons (Fsp3) is 0.667. The van der Waals surface area contributed by atoms with E-state index in [0.717, 1.165) is 37.5 Å². The van der Waals surface area contributed by atoms with Crippen LogP contribution in [0.25, 0.3) is 0 Å². The lowest BCUT2D eigenvalue weighted by atomic mass is 10.0. The van der Waals surface area contributed by atoms with Crippen molar-refractivity contribution < 1.29 is 4.79 Å². The molecule has 3 rings (SSSR count). The average Bonchev–Trinajstić information content (AvgIpc) is 2.97. The van der Waals surface area contributed by atoms with Crippen LogP contribution in [-0.2, 0) is 17.6 Å². The van der Waals surface area contributed by atoms with E-state index in [1.807, 2.05) is 0 Å². The molecule has 2 aliphatic rings. The van der Waals surface area contributed by atoms with Gasteiger partial charge in [-0.25, -0.2) is 4.98 Å². The number of carbonyl (C=O) groups is 1. The fourth-order valence-corrected chi connectivity index (χ4v) is 3.54. The van der Waals surface area contributed by atoms with Crippen molar-refractivity contribution in [3.05, 3.63) is 10.6 Å². The first kappa shape index (κ1) is 11.2. The van der Waals surface area contributed by atoms with Gasteiger partial charge in [-0.3, -0.25) is 4.79 Å². The third-order valence-electron chi connectivity index (χ3n) is 3.51. The molecule has 1 amide bonds. The monoisotopic (exact) mass is 251 g/mol. The second-order valence-electron chi connectivity index (χ2n) is 4.77. The highest BCUT2D eigenvalue weighted by Crippen LogP contribution is 2.29. The standard InChI is InChI=1S/C12H17N3OS/c16-11(8-5-6-13-7-8)15-12-14-9-3-1-2-4-10(9)17-12/h8,13H,1-7H2,(H,14,15,16). The Balaban J connectivity index is 1.68. The summed E-state index contributed by atoms with van der Waals surface area (Å²) in [5, 5.41) is 6.98. The zero-order valence-corrected chi connectivity index (χ0v) is 10.6. The number of nitrogens with zero attached hydrogens (tertiary/aromatic N) is 1. The van der Waals surface area contributed by atoms with Crippen LogP contribution in [0.15, 0.2) is 0 Å². The predicted octanol–water partition coefficient (Wildman–Crippen LogP) is 1.57. The molecular weight excluding hydrogens is 234 g/mol. The quantitative estimate of drug-likeness (QED) is 0.839. The highest BCUT2D eigenvalue weighted by molar-refractivity contribution is 7.15. The van der Waals surface area contributed by atoms with Gasteiger partial charge in [0.1, 0.15) is 0 Å². The number of thiazole rings is 1. The summed E-state index contributed by atoms with van der Waals surface area (Å²) >= 11 is 1.66. The van der Waals surface area contributed by atoms with E-state index in [-0.39, 0.29) is 11.8 Å².